The molecule has 1 fully saturated rings. The van der Waals surface area contributed by atoms with Gasteiger partial charge in [0.15, 0.2) is 5.82 Å². The SMILES string of the molecule is CC1(C)c2[nH]nc(Nc3ncnc4sccc34)c2CN1C(=O)NC1CC1c1ccccc1. The molecule has 32 heavy (non-hydrogen) atoms. The van der Waals surface area contributed by atoms with Crippen molar-refractivity contribution in [2.45, 2.75) is 44.3 Å². The molecular formula is C23H23N7OS. The van der Waals surface area contributed by atoms with Gasteiger partial charge in [-0.3, -0.25) is 5.10 Å². The Kier molecular flexibility index (Phi) is 4.23. The van der Waals surface area contributed by atoms with Gasteiger partial charge in [0, 0.05) is 17.5 Å². The number of hydrogen-bond donors (Lipinski definition) is 3. The molecule has 2 atom stereocenters. The Bertz CT molecular complexity index is 1310. The Morgan fingerprint density at radius 2 is 2.03 bits per heavy atom. The van der Waals surface area contributed by atoms with E-state index < -0.39 is 5.54 Å². The van der Waals surface area contributed by atoms with Gasteiger partial charge < -0.3 is 15.5 Å². The number of hydrogen-bond acceptors (Lipinski definition) is 6. The first-order valence-electron chi connectivity index (χ1n) is 10.7. The predicted octanol–water partition coefficient (Wildman–Crippen LogP) is 4.47. The molecule has 162 valence electrons. The topological polar surface area (TPSA) is 98.8 Å². The Hall–Kier alpha value is -3.46. The van der Waals surface area contributed by atoms with E-state index >= 15 is 0 Å². The third-order valence-electron chi connectivity index (χ3n) is 6.54. The minimum atomic E-state index is -0.493. The maximum atomic E-state index is 13.2. The minimum absolute atomic E-state index is 0.0451. The zero-order chi connectivity index (χ0) is 21.9. The first kappa shape index (κ1) is 19.2. The number of rotatable bonds is 4. The van der Waals surface area contributed by atoms with Crippen LogP contribution in [0.5, 0.6) is 0 Å². The summed E-state index contributed by atoms with van der Waals surface area (Å²) in [5, 5.41) is 17.2. The van der Waals surface area contributed by atoms with Crippen LogP contribution in [-0.4, -0.2) is 37.1 Å². The van der Waals surface area contributed by atoms with Gasteiger partial charge in [0.2, 0.25) is 0 Å². The number of aromatic amines is 1. The largest absolute Gasteiger partial charge is 0.335 e. The monoisotopic (exact) mass is 445 g/mol. The number of H-pyrrole nitrogens is 1. The Balaban J connectivity index is 1.20. The number of carbonyl (C=O) groups is 1. The van der Waals surface area contributed by atoms with Crippen LogP contribution >= 0.6 is 11.3 Å². The maximum absolute atomic E-state index is 13.2. The molecule has 2 amide bonds. The first-order chi connectivity index (χ1) is 15.5. The van der Waals surface area contributed by atoms with E-state index in [0.29, 0.717) is 18.3 Å². The quantitative estimate of drug-likeness (QED) is 0.430. The summed E-state index contributed by atoms with van der Waals surface area (Å²) in [6.45, 7) is 4.57. The summed E-state index contributed by atoms with van der Waals surface area (Å²) in [7, 11) is 0. The standard InChI is InChI=1S/C23H23N7OS/c1-23(2)18-16(20(29-28-18)27-19-14-8-9-32-21(14)25-12-24-19)11-30(23)22(31)26-17-10-15(17)13-6-4-3-5-7-13/h3-9,12,15,17H,10-11H2,1-2H3,(H,26,31)(H2,24,25,27,28,29). The summed E-state index contributed by atoms with van der Waals surface area (Å²) in [6.07, 6.45) is 2.53. The van der Waals surface area contributed by atoms with Crippen molar-refractivity contribution in [2.24, 2.45) is 0 Å². The molecule has 0 radical (unpaired) electrons. The summed E-state index contributed by atoms with van der Waals surface area (Å²) in [5.74, 6) is 1.81. The third-order valence-corrected chi connectivity index (χ3v) is 7.36. The van der Waals surface area contributed by atoms with Crippen LogP contribution in [0.1, 0.15) is 43.0 Å². The molecule has 9 heteroatoms. The van der Waals surface area contributed by atoms with Crippen molar-refractivity contribution in [3.05, 3.63) is 64.9 Å². The van der Waals surface area contributed by atoms with Gasteiger partial charge >= 0.3 is 6.03 Å². The van der Waals surface area contributed by atoms with Crippen molar-refractivity contribution < 1.29 is 4.79 Å². The molecule has 1 aliphatic carbocycles. The number of carbonyl (C=O) groups excluding carboxylic acids is 1. The molecular weight excluding hydrogens is 422 g/mol. The number of benzene rings is 1. The van der Waals surface area contributed by atoms with Crippen LogP contribution in [0.4, 0.5) is 16.4 Å². The second-order valence-electron chi connectivity index (χ2n) is 8.87. The molecule has 2 unspecified atom stereocenters. The van der Waals surface area contributed by atoms with Gasteiger partial charge in [-0.15, -0.1) is 11.3 Å². The molecule has 1 aliphatic heterocycles. The zero-order valence-corrected chi connectivity index (χ0v) is 18.6. The molecule has 0 bridgehead atoms. The lowest BCUT2D eigenvalue weighted by Crippen LogP contribution is -2.47. The van der Waals surface area contributed by atoms with Gasteiger partial charge in [0.25, 0.3) is 0 Å². The van der Waals surface area contributed by atoms with Crippen LogP contribution in [0.15, 0.2) is 48.1 Å². The summed E-state index contributed by atoms with van der Waals surface area (Å²) < 4.78 is 0. The van der Waals surface area contributed by atoms with Crippen molar-refractivity contribution >= 4 is 39.2 Å². The molecule has 3 aromatic heterocycles. The lowest BCUT2D eigenvalue weighted by atomic mass is 10.0. The predicted molar refractivity (Wildman–Crippen MR) is 124 cm³/mol. The first-order valence-corrected chi connectivity index (χ1v) is 11.6. The molecule has 1 aromatic carbocycles. The van der Waals surface area contributed by atoms with Crippen LogP contribution in [0.3, 0.4) is 0 Å². The van der Waals surface area contributed by atoms with Crippen LogP contribution in [0.25, 0.3) is 10.2 Å². The smallest absolute Gasteiger partial charge is 0.318 e. The van der Waals surface area contributed by atoms with Crippen LogP contribution < -0.4 is 10.6 Å². The van der Waals surface area contributed by atoms with E-state index in [0.717, 1.165) is 33.7 Å². The second kappa shape index (κ2) is 7.03. The van der Waals surface area contributed by atoms with E-state index in [-0.39, 0.29) is 12.1 Å². The molecule has 6 rings (SSSR count). The number of nitrogens with zero attached hydrogens (tertiary/aromatic N) is 4. The van der Waals surface area contributed by atoms with Crippen LogP contribution in [-0.2, 0) is 12.1 Å². The molecule has 4 aromatic rings. The fourth-order valence-corrected chi connectivity index (χ4v) is 5.34. The van der Waals surface area contributed by atoms with Gasteiger partial charge in [0.05, 0.1) is 23.2 Å². The van der Waals surface area contributed by atoms with Crippen LogP contribution in [0.2, 0.25) is 0 Å². The highest BCUT2D eigenvalue weighted by molar-refractivity contribution is 7.16. The highest BCUT2D eigenvalue weighted by atomic mass is 32.1. The minimum Gasteiger partial charge on any atom is -0.335 e. The fraction of sp³-hybridized carbons (Fsp3) is 0.304. The van der Waals surface area contributed by atoms with E-state index in [4.69, 9.17) is 0 Å². The Morgan fingerprint density at radius 1 is 1.19 bits per heavy atom. The molecule has 4 heterocycles. The number of amides is 2. The van der Waals surface area contributed by atoms with Crippen molar-refractivity contribution in [3.63, 3.8) is 0 Å². The van der Waals surface area contributed by atoms with Crippen molar-refractivity contribution in [3.8, 4) is 0 Å². The molecule has 8 nitrogen and oxygen atoms in total. The van der Waals surface area contributed by atoms with E-state index in [1.54, 1.807) is 17.7 Å². The van der Waals surface area contributed by atoms with E-state index in [1.807, 2.05) is 48.4 Å². The molecule has 1 saturated carbocycles. The highest BCUT2D eigenvalue weighted by Gasteiger charge is 2.46. The lowest BCUT2D eigenvalue weighted by Gasteiger charge is -2.32. The van der Waals surface area contributed by atoms with Crippen LogP contribution in [0, 0.1) is 0 Å². The third kappa shape index (κ3) is 3.03. The summed E-state index contributed by atoms with van der Waals surface area (Å²) >= 11 is 1.57. The molecule has 0 spiro atoms. The fourth-order valence-electron chi connectivity index (χ4n) is 4.61. The summed E-state index contributed by atoms with van der Waals surface area (Å²) in [5.41, 5.74) is 2.72. The Morgan fingerprint density at radius 3 is 2.88 bits per heavy atom. The van der Waals surface area contributed by atoms with Gasteiger partial charge in [0.1, 0.15) is 17.0 Å². The number of nitrogens with one attached hydrogen (secondary N) is 3. The van der Waals surface area contributed by atoms with Gasteiger partial charge in [-0.25, -0.2) is 14.8 Å². The maximum Gasteiger partial charge on any atom is 0.318 e. The average molecular weight is 446 g/mol. The second-order valence-corrected chi connectivity index (χ2v) is 9.76. The summed E-state index contributed by atoms with van der Waals surface area (Å²) in [6, 6.07) is 12.5. The number of aromatic nitrogens is 4. The van der Waals surface area contributed by atoms with Gasteiger partial charge in [-0.2, -0.15) is 5.10 Å². The van der Waals surface area contributed by atoms with Gasteiger partial charge in [-0.05, 0) is 37.3 Å². The van der Waals surface area contributed by atoms with E-state index in [2.05, 4.69) is 42.9 Å². The van der Waals surface area contributed by atoms with Gasteiger partial charge in [-0.1, -0.05) is 30.3 Å². The molecule has 0 saturated heterocycles. The number of fused-ring (bicyclic) bond motifs is 2. The van der Waals surface area contributed by atoms with E-state index in [1.165, 1.54) is 5.56 Å². The molecule has 2 aliphatic rings. The molecule has 3 N–H and O–H groups in total. The number of anilines is 2. The highest BCUT2D eigenvalue weighted by Crippen LogP contribution is 2.44. The summed E-state index contributed by atoms with van der Waals surface area (Å²) in [4.78, 5) is 24.7. The lowest BCUT2D eigenvalue weighted by molar-refractivity contribution is 0.142. The van der Waals surface area contributed by atoms with Crippen molar-refractivity contribution in [1.82, 2.24) is 30.4 Å². The normalized spacial score (nSPS) is 20.9. The average Bonchev–Trinajstić information content (AvgIpc) is 3.11. The van der Waals surface area contributed by atoms with Crippen molar-refractivity contribution in [2.75, 3.05) is 5.32 Å². The Labute approximate surface area is 189 Å². The zero-order valence-electron chi connectivity index (χ0n) is 17.8. The number of thiophene rings is 1. The van der Waals surface area contributed by atoms with Crippen molar-refractivity contribution in [1.29, 1.82) is 0 Å². The van der Waals surface area contributed by atoms with E-state index in [9.17, 15) is 4.79 Å². The number of urea groups is 1.